The van der Waals surface area contributed by atoms with Crippen LogP contribution in [0.3, 0.4) is 0 Å². The van der Waals surface area contributed by atoms with Crippen LogP contribution in [-0.2, 0) is 4.79 Å². The molecule has 1 N–H and O–H groups in total. The molecule has 5 rings (SSSR count). The van der Waals surface area contributed by atoms with Crippen molar-refractivity contribution in [3.05, 3.63) is 74.7 Å². The van der Waals surface area contributed by atoms with E-state index in [-0.39, 0.29) is 24.7 Å². The second-order valence-corrected chi connectivity index (χ2v) is 9.13. The van der Waals surface area contributed by atoms with Crippen LogP contribution in [-0.4, -0.2) is 37.6 Å². The molecular formula is C24H16Br2N2O7. The van der Waals surface area contributed by atoms with Crippen LogP contribution in [0.25, 0.3) is 0 Å². The topological polar surface area (TPSA) is 105 Å². The van der Waals surface area contributed by atoms with Crippen molar-refractivity contribution in [3.8, 4) is 28.7 Å². The largest absolute Gasteiger partial charge is 0.485 e. The Bertz CT molecular complexity index is 1350. The van der Waals surface area contributed by atoms with Gasteiger partial charge in [0.2, 0.25) is 12.9 Å². The van der Waals surface area contributed by atoms with Crippen LogP contribution in [0.5, 0.6) is 28.7 Å². The van der Waals surface area contributed by atoms with Crippen LogP contribution in [0.1, 0.15) is 15.9 Å². The van der Waals surface area contributed by atoms with Crippen LogP contribution in [0.4, 0.5) is 0 Å². The Morgan fingerprint density at radius 3 is 2.60 bits per heavy atom. The molecular weight excluding hydrogens is 588 g/mol. The number of rotatable bonds is 5. The van der Waals surface area contributed by atoms with Crippen molar-refractivity contribution < 1.29 is 33.3 Å². The van der Waals surface area contributed by atoms with Gasteiger partial charge in [-0.3, -0.25) is 4.79 Å². The highest BCUT2D eigenvalue weighted by Crippen LogP contribution is 2.35. The van der Waals surface area contributed by atoms with Crippen LogP contribution in [0, 0.1) is 0 Å². The smallest absolute Gasteiger partial charge is 0.343 e. The van der Waals surface area contributed by atoms with Crippen molar-refractivity contribution >= 4 is 50.0 Å². The van der Waals surface area contributed by atoms with Gasteiger partial charge in [0, 0.05) is 10.0 Å². The number of esters is 1. The number of fused-ring (bicyclic) bond motifs is 2. The molecule has 3 aromatic rings. The van der Waals surface area contributed by atoms with E-state index in [1.807, 2.05) is 6.07 Å². The maximum Gasteiger partial charge on any atom is 0.343 e. The van der Waals surface area contributed by atoms with Crippen molar-refractivity contribution in [1.82, 2.24) is 5.43 Å². The molecule has 0 unspecified atom stereocenters. The first-order valence-electron chi connectivity index (χ1n) is 10.3. The molecule has 0 saturated heterocycles. The van der Waals surface area contributed by atoms with Crippen molar-refractivity contribution in [2.75, 3.05) is 13.4 Å². The summed E-state index contributed by atoms with van der Waals surface area (Å²) in [6.45, 7) is 0.155. The van der Waals surface area contributed by atoms with Gasteiger partial charge < -0.3 is 23.7 Å². The Kier molecular flexibility index (Phi) is 6.60. The normalized spacial score (nSPS) is 15.7. The van der Waals surface area contributed by atoms with Gasteiger partial charge in [-0.1, -0.05) is 28.1 Å². The standard InChI is InChI=1S/C24H16Br2N2O7/c25-15-7-14(10-27-28-23(29)21-11-31-17-3-1-2-4-19(17)34-21)22(16(26)9-15)35-24(30)13-5-6-18-20(8-13)33-12-32-18/h1-10,21H,11-12H2,(H,28,29)/b27-10-/t21-/m0/s1. The number of hydrogen-bond acceptors (Lipinski definition) is 8. The Morgan fingerprint density at radius 2 is 1.74 bits per heavy atom. The number of hydrazone groups is 1. The second-order valence-electron chi connectivity index (χ2n) is 7.36. The third-order valence-corrected chi connectivity index (χ3v) is 6.07. The number of ether oxygens (including phenoxy) is 5. The molecule has 2 aliphatic rings. The molecule has 1 amide bonds. The van der Waals surface area contributed by atoms with E-state index in [2.05, 4.69) is 42.4 Å². The average Bonchev–Trinajstić information content (AvgIpc) is 3.33. The highest BCUT2D eigenvalue weighted by Gasteiger charge is 2.27. The van der Waals surface area contributed by atoms with E-state index >= 15 is 0 Å². The van der Waals surface area contributed by atoms with Gasteiger partial charge in [0.25, 0.3) is 5.91 Å². The van der Waals surface area contributed by atoms with Gasteiger partial charge >= 0.3 is 5.97 Å². The minimum Gasteiger partial charge on any atom is -0.485 e. The number of benzene rings is 3. The highest BCUT2D eigenvalue weighted by molar-refractivity contribution is 9.11. The first kappa shape index (κ1) is 23.2. The average molecular weight is 604 g/mol. The summed E-state index contributed by atoms with van der Waals surface area (Å²) in [7, 11) is 0. The summed E-state index contributed by atoms with van der Waals surface area (Å²) in [5.74, 6) is 1.23. The number of para-hydroxylation sites is 2. The number of nitrogens with one attached hydrogen (secondary N) is 1. The van der Waals surface area contributed by atoms with E-state index < -0.39 is 18.0 Å². The fraction of sp³-hybridized carbons (Fsp3) is 0.125. The number of nitrogens with zero attached hydrogens (tertiary/aromatic N) is 1. The molecule has 2 heterocycles. The minimum absolute atomic E-state index is 0.0548. The zero-order valence-electron chi connectivity index (χ0n) is 17.8. The fourth-order valence-electron chi connectivity index (χ4n) is 3.35. The molecule has 0 radical (unpaired) electrons. The Balaban J connectivity index is 1.29. The molecule has 35 heavy (non-hydrogen) atoms. The Labute approximate surface area is 216 Å². The quantitative estimate of drug-likeness (QED) is 0.199. The summed E-state index contributed by atoms with van der Waals surface area (Å²) in [6, 6.07) is 15.3. The highest BCUT2D eigenvalue weighted by atomic mass is 79.9. The molecule has 0 aliphatic carbocycles. The van der Waals surface area contributed by atoms with Crippen molar-refractivity contribution in [2.45, 2.75) is 6.10 Å². The van der Waals surface area contributed by atoms with Crippen molar-refractivity contribution in [3.63, 3.8) is 0 Å². The van der Waals surface area contributed by atoms with E-state index in [4.69, 9.17) is 23.7 Å². The third kappa shape index (κ3) is 5.10. The number of amides is 1. The van der Waals surface area contributed by atoms with E-state index in [9.17, 15) is 9.59 Å². The first-order chi connectivity index (χ1) is 17.0. The second kappa shape index (κ2) is 9.96. The van der Waals surface area contributed by atoms with Crippen LogP contribution in [0.15, 0.2) is 68.6 Å². The molecule has 0 spiro atoms. The molecule has 0 bridgehead atoms. The zero-order chi connectivity index (χ0) is 24.4. The predicted octanol–water partition coefficient (Wildman–Crippen LogP) is 4.45. The minimum atomic E-state index is -0.861. The van der Waals surface area contributed by atoms with E-state index in [0.717, 1.165) is 0 Å². The number of carbonyl (C=O) groups is 2. The van der Waals surface area contributed by atoms with Gasteiger partial charge in [-0.05, 0) is 58.4 Å². The molecule has 3 aromatic carbocycles. The van der Waals surface area contributed by atoms with Gasteiger partial charge in [0.15, 0.2) is 28.7 Å². The summed E-state index contributed by atoms with van der Waals surface area (Å²) >= 11 is 6.81. The maximum absolute atomic E-state index is 12.8. The number of halogens is 2. The number of hydrogen-bond donors (Lipinski definition) is 1. The third-order valence-electron chi connectivity index (χ3n) is 5.02. The van der Waals surface area contributed by atoms with E-state index in [1.54, 1.807) is 48.5 Å². The molecule has 1 atom stereocenters. The van der Waals surface area contributed by atoms with E-state index in [0.29, 0.717) is 37.5 Å². The lowest BCUT2D eigenvalue weighted by Crippen LogP contribution is -2.42. The van der Waals surface area contributed by atoms with Gasteiger partial charge in [-0.2, -0.15) is 5.10 Å². The molecule has 9 nitrogen and oxygen atoms in total. The Hall–Kier alpha value is -3.57. The molecule has 11 heteroatoms. The summed E-state index contributed by atoms with van der Waals surface area (Å²) in [5, 5.41) is 4.01. The molecule has 178 valence electrons. The van der Waals surface area contributed by atoms with Crippen molar-refractivity contribution in [1.29, 1.82) is 0 Å². The zero-order valence-corrected chi connectivity index (χ0v) is 21.0. The molecule has 2 aliphatic heterocycles. The maximum atomic E-state index is 12.8. The van der Waals surface area contributed by atoms with Gasteiger partial charge in [-0.15, -0.1) is 0 Å². The molecule has 0 saturated carbocycles. The number of carbonyl (C=O) groups excluding carboxylic acids is 2. The van der Waals surface area contributed by atoms with Gasteiger partial charge in [-0.25, -0.2) is 10.2 Å². The van der Waals surface area contributed by atoms with Crippen LogP contribution in [0.2, 0.25) is 0 Å². The van der Waals surface area contributed by atoms with Crippen LogP contribution >= 0.6 is 31.9 Å². The monoisotopic (exact) mass is 602 g/mol. The lowest BCUT2D eigenvalue weighted by Gasteiger charge is -2.24. The van der Waals surface area contributed by atoms with Crippen LogP contribution < -0.4 is 29.1 Å². The Morgan fingerprint density at radius 1 is 0.971 bits per heavy atom. The molecule has 0 fully saturated rings. The summed E-state index contributed by atoms with van der Waals surface area (Å²) in [4.78, 5) is 25.3. The summed E-state index contributed by atoms with van der Waals surface area (Å²) in [5.41, 5.74) is 3.16. The fourth-order valence-corrected chi connectivity index (χ4v) is 4.68. The lowest BCUT2D eigenvalue weighted by molar-refractivity contribution is -0.130. The van der Waals surface area contributed by atoms with Gasteiger partial charge in [0.1, 0.15) is 6.61 Å². The first-order valence-corrected chi connectivity index (χ1v) is 11.9. The molecule has 0 aromatic heterocycles. The van der Waals surface area contributed by atoms with Gasteiger partial charge in [0.05, 0.1) is 16.3 Å². The van der Waals surface area contributed by atoms with E-state index in [1.165, 1.54) is 6.21 Å². The SMILES string of the molecule is O=C(Oc1c(Br)cc(Br)cc1/C=N\NC(=O)[C@@H]1COc2ccccc2O1)c1ccc2c(c1)OCO2. The summed E-state index contributed by atoms with van der Waals surface area (Å²) in [6.07, 6.45) is 0.507. The lowest BCUT2D eigenvalue weighted by atomic mass is 10.2. The van der Waals surface area contributed by atoms with Crippen molar-refractivity contribution in [2.24, 2.45) is 5.10 Å². The predicted molar refractivity (Wildman–Crippen MR) is 131 cm³/mol. The summed E-state index contributed by atoms with van der Waals surface area (Å²) < 4.78 is 28.7.